The number of hydrogen-bond acceptors (Lipinski definition) is 4. The summed E-state index contributed by atoms with van der Waals surface area (Å²) in [4.78, 5) is 15.7. The molecule has 0 aliphatic heterocycles. The molecule has 1 amide bonds. The molecule has 2 heterocycles. The highest BCUT2D eigenvalue weighted by Crippen LogP contribution is 2.32. The van der Waals surface area contributed by atoms with E-state index in [-0.39, 0.29) is 6.61 Å². The SMILES string of the molecule is Cc1cc(-c2ccc(OCC(C)(CC(C)C)NC(=O)O)c(Cl)c2)n2nc(C)cc2n1. The number of rotatable bonds is 7. The fourth-order valence-electron chi connectivity index (χ4n) is 3.74. The van der Waals surface area contributed by atoms with Crippen LogP contribution in [-0.4, -0.2) is 37.9 Å². The van der Waals surface area contributed by atoms with Gasteiger partial charge in [0.25, 0.3) is 0 Å². The number of benzene rings is 1. The minimum absolute atomic E-state index is 0.174. The molecule has 1 aromatic carbocycles. The fourth-order valence-corrected chi connectivity index (χ4v) is 3.97. The van der Waals surface area contributed by atoms with Crippen molar-refractivity contribution in [1.82, 2.24) is 19.9 Å². The Morgan fingerprint density at radius 1 is 1.27 bits per heavy atom. The van der Waals surface area contributed by atoms with Crippen LogP contribution in [0.4, 0.5) is 4.79 Å². The molecule has 0 spiro atoms. The predicted molar refractivity (Wildman–Crippen MR) is 117 cm³/mol. The van der Waals surface area contributed by atoms with E-state index in [9.17, 15) is 9.90 Å². The van der Waals surface area contributed by atoms with Crippen molar-refractivity contribution in [2.75, 3.05) is 6.61 Å². The zero-order valence-corrected chi connectivity index (χ0v) is 18.6. The minimum atomic E-state index is -1.07. The van der Waals surface area contributed by atoms with Crippen LogP contribution in [0.25, 0.3) is 16.9 Å². The summed E-state index contributed by atoms with van der Waals surface area (Å²) in [5.74, 6) is 0.805. The van der Waals surface area contributed by atoms with Crippen molar-refractivity contribution in [3.05, 3.63) is 46.7 Å². The van der Waals surface area contributed by atoms with E-state index in [1.165, 1.54) is 0 Å². The Bertz CT molecular complexity index is 1080. The summed E-state index contributed by atoms with van der Waals surface area (Å²) in [6, 6.07) is 9.43. The van der Waals surface area contributed by atoms with Crippen molar-refractivity contribution in [1.29, 1.82) is 0 Å². The molecule has 0 aliphatic carbocycles. The van der Waals surface area contributed by atoms with E-state index >= 15 is 0 Å². The highest BCUT2D eigenvalue weighted by atomic mass is 35.5. The first-order chi connectivity index (χ1) is 14.1. The topological polar surface area (TPSA) is 88.8 Å². The van der Waals surface area contributed by atoms with Crippen molar-refractivity contribution in [3.63, 3.8) is 0 Å². The van der Waals surface area contributed by atoms with Crippen LogP contribution in [0.15, 0.2) is 30.3 Å². The van der Waals surface area contributed by atoms with Crippen LogP contribution in [-0.2, 0) is 0 Å². The summed E-state index contributed by atoms with van der Waals surface area (Å²) in [6.45, 7) is 9.95. The number of fused-ring (bicyclic) bond motifs is 1. The molecule has 3 aromatic rings. The van der Waals surface area contributed by atoms with Crippen LogP contribution in [0.5, 0.6) is 5.75 Å². The van der Waals surface area contributed by atoms with Crippen LogP contribution in [0, 0.1) is 19.8 Å². The van der Waals surface area contributed by atoms with Crippen molar-refractivity contribution in [3.8, 4) is 17.0 Å². The number of amides is 1. The van der Waals surface area contributed by atoms with Crippen LogP contribution in [0.2, 0.25) is 5.02 Å². The Morgan fingerprint density at radius 3 is 2.63 bits per heavy atom. The lowest BCUT2D eigenvalue weighted by Gasteiger charge is -2.31. The lowest BCUT2D eigenvalue weighted by molar-refractivity contribution is 0.143. The number of ether oxygens (including phenoxy) is 1. The third-order valence-electron chi connectivity index (χ3n) is 4.72. The average Bonchev–Trinajstić information content (AvgIpc) is 2.98. The van der Waals surface area contributed by atoms with Crippen LogP contribution >= 0.6 is 11.6 Å². The van der Waals surface area contributed by atoms with Gasteiger partial charge in [-0.05, 0) is 57.4 Å². The number of halogens is 1. The largest absolute Gasteiger partial charge is 0.490 e. The van der Waals surface area contributed by atoms with E-state index in [0.717, 1.165) is 28.3 Å². The highest BCUT2D eigenvalue weighted by molar-refractivity contribution is 6.32. The molecule has 1 unspecified atom stereocenters. The van der Waals surface area contributed by atoms with Gasteiger partial charge in [-0.3, -0.25) is 0 Å². The molecule has 8 heteroatoms. The van der Waals surface area contributed by atoms with Crippen molar-refractivity contribution >= 4 is 23.3 Å². The van der Waals surface area contributed by atoms with Gasteiger partial charge in [0.1, 0.15) is 12.4 Å². The first-order valence-corrected chi connectivity index (χ1v) is 10.2. The summed E-state index contributed by atoms with van der Waals surface area (Å²) in [5, 5.41) is 16.7. The molecular formula is C22H27ClN4O3. The third kappa shape index (κ3) is 5.02. The normalized spacial score (nSPS) is 13.4. The second kappa shape index (κ2) is 8.52. The Balaban J connectivity index is 1.86. The summed E-state index contributed by atoms with van der Waals surface area (Å²) in [5.41, 5.74) is 3.61. The van der Waals surface area contributed by atoms with E-state index in [2.05, 4.69) is 15.4 Å². The zero-order valence-electron chi connectivity index (χ0n) is 17.9. The Labute approximate surface area is 181 Å². The highest BCUT2D eigenvalue weighted by Gasteiger charge is 2.29. The Morgan fingerprint density at radius 2 is 2.00 bits per heavy atom. The minimum Gasteiger partial charge on any atom is -0.490 e. The van der Waals surface area contributed by atoms with Crippen molar-refractivity contribution < 1.29 is 14.6 Å². The molecule has 0 saturated heterocycles. The number of aryl methyl sites for hydroxylation is 2. The predicted octanol–water partition coefficient (Wildman–Crippen LogP) is 5.12. The first-order valence-electron chi connectivity index (χ1n) is 9.84. The van der Waals surface area contributed by atoms with Gasteiger partial charge in [0.15, 0.2) is 5.65 Å². The molecule has 2 aromatic heterocycles. The smallest absolute Gasteiger partial charge is 0.405 e. The second-order valence-electron chi connectivity index (χ2n) is 8.36. The number of hydrogen-bond donors (Lipinski definition) is 2. The average molecular weight is 431 g/mol. The Hall–Kier alpha value is -2.80. The van der Waals surface area contributed by atoms with Gasteiger partial charge >= 0.3 is 6.09 Å². The van der Waals surface area contributed by atoms with E-state index in [1.807, 2.05) is 58.9 Å². The number of nitrogens with one attached hydrogen (secondary N) is 1. The maximum atomic E-state index is 11.2. The maximum absolute atomic E-state index is 11.2. The van der Waals surface area contributed by atoms with Gasteiger partial charge in [-0.1, -0.05) is 25.4 Å². The first kappa shape index (κ1) is 21.9. The molecule has 0 fully saturated rings. The van der Waals surface area contributed by atoms with Crippen molar-refractivity contribution in [2.45, 2.75) is 46.6 Å². The summed E-state index contributed by atoms with van der Waals surface area (Å²) in [6.07, 6.45) is -0.433. The molecule has 0 aliphatic rings. The molecule has 0 saturated carbocycles. The standard InChI is InChI=1S/C22H27ClN4O3/c1-13(2)11-22(5,25-21(28)29)12-30-19-7-6-16(10-17(19)23)18-8-14(3)24-20-9-15(4)26-27(18)20/h6-10,13,25H,11-12H2,1-5H3,(H,28,29). The maximum Gasteiger partial charge on any atom is 0.405 e. The van der Waals surface area contributed by atoms with Gasteiger partial charge in [0.2, 0.25) is 0 Å². The zero-order chi connectivity index (χ0) is 22.1. The van der Waals surface area contributed by atoms with E-state index in [0.29, 0.717) is 23.1 Å². The van der Waals surface area contributed by atoms with Gasteiger partial charge in [-0.15, -0.1) is 0 Å². The quantitative estimate of drug-likeness (QED) is 0.543. The van der Waals surface area contributed by atoms with Gasteiger partial charge in [0.05, 0.1) is 21.9 Å². The van der Waals surface area contributed by atoms with Crippen LogP contribution in [0.1, 0.15) is 38.6 Å². The molecule has 2 N–H and O–H groups in total. The second-order valence-corrected chi connectivity index (χ2v) is 8.77. The molecule has 3 rings (SSSR count). The number of aromatic nitrogens is 3. The third-order valence-corrected chi connectivity index (χ3v) is 5.01. The van der Waals surface area contributed by atoms with E-state index in [4.69, 9.17) is 16.3 Å². The summed E-state index contributed by atoms with van der Waals surface area (Å²) in [7, 11) is 0. The lowest BCUT2D eigenvalue weighted by Crippen LogP contribution is -2.50. The summed E-state index contributed by atoms with van der Waals surface area (Å²) < 4.78 is 7.71. The monoisotopic (exact) mass is 430 g/mol. The van der Waals surface area contributed by atoms with Gasteiger partial charge in [-0.25, -0.2) is 14.3 Å². The fraction of sp³-hybridized carbons (Fsp3) is 0.409. The molecule has 0 bridgehead atoms. The van der Waals surface area contributed by atoms with Crippen LogP contribution in [0.3, 0.4) is 0 Å². The lowest BCUT2D eigenvalue weighted by atomic mass is 9.91. The number of carbonyl (C=O) groups is 1. The van der Waals surface area contributed by atoms with Crippen molar-refractivity contribution in [2.24, 2.45) is 5.92 Å². The molecular weight excluding hydrogens is 404 g/mol. The summed E-state index contributed by atoms with van der Waals surface area (Å²) >= 11 is 6.51. The van der Waals surface area contributed by atoms with E-state index < -0.39 is 11.6 Å². The molecule has 7 nitrogen and oxygen atoms in total. The van der Waals surface area contributed by atoms with Gasteiger partial charge in [-0.2, -0.15) is 5.10 Å². The molecule has 30 heavy (non-hydrogen) atoms. The van der Waals surface area contributed by atoms with Gasteiger partial charge < -0.3 is 15.2 Å². The van der Waals surface area contributed by atoms with Crippen LogP contribution < -0.4 is 10.1 Å². The Kier molecular flexibility index (Phi) is 6.22. The number of carboxylic acid groups (broad SMARTS) is 1. The van der Waals surface area contributed by atoms with E-state index in [1.54, 1.807) is 10.6 Å². The number of nitrogens with zero attached hydrogens (tertiary/aromatic N) is 3. The molecule has 1 atom stereocenters. The molecule has 160 valence electrons. The molecule has 0 radical (unpaired) electrons. The van der Waals surface area contributed by atoms with Gasteiger partial charge in [0, 0.05) is 17.3 Å².